The SMILES string of the molecule is Cc1ccc(CN2CCN(C3CC4CCC3C4)CC2)cc1.O=C(O)C(=O)O. The fourth-order valence-electron chi connectivity index (χ4n) is 4.86. The molecule has 6 heteroatoms. The van der Waals surface area contributed by atoms with Crippen LogP contribution in [0.4, 0.5) is 0 Å². The molecular weight excluding hydrogens is 344 g/mol. The lowest BCUT2D eigenvalue weighted by Crippen LogP contribution is -2.51. The van der Waals surface area contributed by atoms with E-state index in [0.29, 0.717) is 0 Å². The van der Waals surface area contributed by atoms with E-state index in [2.05, 4.69) is 41.0 Å². The van der Waals surface area contributed by atoms with E-state index >= 15 is 0 Å². The number of aryl methyl sites for hydroxylation is 1. The van der Waals surface area contributed by atoms with Gasteiger partial charge in [0.25, 0.3) is 0 Å². The summed E-state index contributed by atoms with van der Waals surface area (Å²) in [5.41, 5.74) is 2.83. The summed E-state index contributed by atoms with van der Waals surface area (Å²) in [5.74, 6) is -1.53. The van der Waals surface area contributed by atoms with E-state index in [4.69, 9.17) is 19.8 Å². The van der Waals surface area contributed by atoms with Gasteiger partial charge in [-0.05, 0) is 43.6 Å². The fourth-order valence-corrected chi connectivity index (χ4v) is 4.86. The number of rotatable bonds is 3. The second-order valence-electron chi connectivity index (χ2n) is 8.15. The number of piperazine rings is 1. The Morgan fingerprint density at radius 3 is 2.07 bits per heavy atom. The summed E-state index contributed by atoms with van der Waals surface area (Å²) >= 11 is 0. The van der Waals surface area contributed by atoms with Crippen LogP contribution >= 0.6 is 0 Å². The van der Waals surface area contributed by atoms with E-state index in [1.165, 1.54) is 63.0 Å². The standard InChI is InChI=1S/C19H28N2.C2H2O4/c1-15-2-4-16(5-3-15)14-20-8-10-21(11-9-20)19-13-17-6-7-18(19)12-17;3-1(4)2(5)6/h2-5,17-19H,6-14H2,1H3;(H,3,4)(H,5,6). The second-order valence-corrected chi connectivity index (χ2v) is 8.15. The Kier molecular flexibility index (Phi) is 6.50. The molecular formula is C21H30N2O4. The van der Waals surface area contributed by atoms with Crippen LogP contribution in [0.25, 0.3) is 0 Å². The molecule has 1 aromatic rings. The summed E-state index contributed by atoms with van der Waals surface area (Å²) in [6, 6.07) is 9.99. The van der Waals surface area contributed by atoms with Crippen molar-refractivity contribution in [1.82, 2.24) is 9.80 Å². The lowest BCUT2D eigenvalue weighted by molar-refractivity contribution is -0.159. The number of carboxylic acid groups (broad SMARTS) is 2. The maximum absolute atomic E-state index is 9.10. The first-order valence-corrected chi connectivity index (χ1v) is 9.90. The molecule has 0 aromatic heterocycles. The molecule has 4 rings (SSSR count). The number of aliphatic carboxylic acids is 2. The Hall–Kier alpha value is -1.92. The molecule has 3 fully saturated rings. The molecule has 1 aliphatic heterocycles. The van der Waals surface area contributed by atoms with E-state index in [9.17, 15) is 0 Å². The molecule has 2 bridgehead atoms. The Bertz CT molecular complexity index is 641. The number of carbonyl (C=O) groups is 2. The first kappa shape index (κ1) is 19.8. The smallest absolute Gasteiger partial charge is 0.414 e. The largest absolute Gasteiger partial charge is 0.473 e. The van der Waals surface area contributed by atoms with Crippen molar-refractivity contribution in [2.75, 3.05) is 26.2 Å². The fraction of sp³-hybridized carbons (Fsp3) is 0.619. The zero-order valence-electron chi connectivity index (χ0n) is 16.0. The van der Waals surface area contributed by atoms with Crippen LogP contribution in [0.1, 0.15) is 36.8 Å². The molecule has 0 radical (unpaired) electrons. The highest BCUT2D eigenvalue weighted by Gasteiger charge is 2.42. The first-order valence-electron chi connectivity index (χ1n) is 9.90. The molecule has 2 N–H and O–H groups in total. The zero-order chi connectivity index (χ0) is 19.4. The highest BCUT2D eigenvalue weighted by atomic mass is 16.4. The van der Waals surface area contributed by atoms with Gasteiger partial charge in [-0.1, -0.05) is 36.2 Å². The van der Waals surface area contributed by atoms with Gasteiger partial charge in [0, 0.05) is 38.8 Å². The molecule has 0 amide bonds. The number of fused-ring (bicyclic) bond motifs is 2. The number of benzene rings is 1. The van der Waals surface area contributed by atoms with Crippen LogP contribution in [0, 0.1) is 18.8 Å². The molecule has 3 aliphatic rings. The molecule has 0 spiro atoms. The minimum Gasteiger partial charge on any atom is -0.473 e. The minimum atomic E-state index is -1.82. The summed E-state index contributed by atoms with van der Waals surface area (Å²) in [6.07, 6.45) is 6.07. The van der Waals surface area contributed by atoms with Crippen molar-refractivity contribution in [3.05, 3.63) is 35.4 Å². The Labute approximate surface area is 160 Å². The van der Waals surface area contributed by atoms with Crippen LogP contribution in [-0.2, 0) is 16.1 Å². The summed E-state index contributed by atoms with van der Waals surface area (Å²) in [5, 5.41) is 14.8. The van der Waals surface area contributed by atoms with Crippen molar-refractivity contribution in [1.29, 1.82) is 0 Å². The van der Waals surface area contributed by atoms with Crippen LogP contribution < -0.4 is 0 Å². The Morgan fingerprint density at radius 1 is 0.963 bits per heavy atom. The van der Waals surface area contributed by atoms with Gasteiger partial charge < -0.3 is 10.2 Å². The minimum absolute atomic E-state index is 0.935. The predicted molar refractivity (Wildman–Crippen MR) is 103 cm³/mol. The van der Waals surface area contributed by atoms with E-state index in [1.807, 2.05) is 0 Å². The van der Waals surface area contributed by atoms with E-state index in [-0.39, 0.29) is 0 Å². The number of nitrogens with zero attached hydrogens (tertiary/aromatic N) is 2. The summed E-state index contributed by atoms with van der Waals surface area (Å²) in [6.45, 7) is 8.38. The average Bonchev–Trinajstić information content (AvgIpc) is 3.28. The summed E-state index contributed by atoms with van der Waals surface area (Å²) in [7, 11) is 0. The molecule has 1 aromatic carbocycles. The van der Waals surface area contributed by atoms with Gasteiger partial charge >= 0.3 is 11.9 Å². The summed E-state index contributed by atoms with van der Waals surface area (Å²) in [4.78, 5) is 23.6. The zero-order valence-corrected chi connectivity index (χ0v) is 16.0. The third-order valence-electron chi connectivity index (χ3n) is 6.29. The van der Waals surface area contributed by atoms with Crippen molar-refractivity contribution >= 4 is 11.9 Å². The normalized spacial score (nSPS) is 27.8. The molecule has 6 nitrogen and oxygen atoms in total. The van der Waals surface area contributed by atoms with Crippen LogP contribution in [0.3, 0.4) is 0 Å². The number of carboxylic acids is 2. The van der Waals surface area contributed by atoms with Gasteiger partial charge in [0.15, 0.2) is 0 Å². The topological polar surface area (TPSA) is 81.1 Å². The van der Waals surface area contributed by atoms with E-state index in [0.717, 1.165) is 24.4 Å². The third kappa shape index (κ3) is 5.30. The third-order valence-corrected chi connectivity index (χ3v) is 6.29. The molecule has 2 saturated carbocycles. The summed E-state index contributed by atoms with van der Waals surface area (Å²) < 4.78 is 0. The van der Waals surface area contributed by atoms with Crippen LogP contribution in [0.15, 0.2) is 24.3 Å². The predicted octanol–water partition coefficient (Wildman–Crippen LogP) is 2.46. The average molecular weight is 374 g/mol. The van der Waals surface area contributed by atoms with Crippen LogP contribution in [0.2, 0.25) is 0 Å². The quantitative estimate of drug-likeness (QED) is 0.791. The van der Waals surface area contributed by atoms with Gasteiger partial charge in [-0.15, -0.1) is 0 Å². The van der Waals surface area contributed by atoms with Gasteiger partial charge in [0.2, 0.25) is 0 Å². The second kappa shape index (κ2) is 8.85. The Balaban J connectivity index is 0.000000307. The van der Waals surface area contributed by atoms with E-state index < -0.39 is 11.9 Å². The maximum atomic E-state index is 9.10. The van der Waals surface area contributed by atoms with Crippen molar-refractivity contribution < 1.29 is 19.8 Å². The van der Waals surface area contributed by atoms with Crippen LogP contribution in [-0.4, -0.2) is 64.2 Å². The monoisotopic (exact) mass is 374 g/mol. The van der Waals surface area contributed by atoms with Crippen molar-refractivity contribution in [3.63, 3.8) is 0 Å². The number of hydrogen-bond acceptors (Lipinski definition) is 4. The molecule has 2 aliphatic carbocycles. The molecule has 3 unspecified atom stereocenters. The molecule has 1 saturated heterocycles. The van der Waals surface area contributed by atoms with Crippen molar-refractivity contribution in [3.8, 4) is 0 Å². The van der Waals surface area contributed by atoms with Crippen molar-refractivity contribution in [2.24, 2.45) is 11.8 Å². The van der Waals surface area contributed by atoms with Gasteiger partial charge in [-0.2, -0.15) is 0 Å². The van der Waals surface area contributed by atoms with E-state index in [1.54, 1.807) is 0 Å². The highest BCUT2D eigenvalue weighted by Crippen LogP contribution is 2.46. The molecule has 1 heterocycles. The maximum Gasteiger partial charge on any atom is 0.414 e. The van der Waals surface area contributed by atoms with Gasteiger partial charge in [-0.3, -0.25) is 9.80 Å². The van der Waals surface area contributed by atoms with Gasteiger partial charge in [-0.25, -0.2) is 9.59 Å². The van der Waals surface area contributed by atoms with Crippen LogP contribution in [0.5, 0.6) is 0 Å². The molecule has 3 atom stereocenters. The Morgan fingerprint density at radius 2 is 1.59 bits per heavy atom. The lowest BCUT2D eigenvalue weighted by atomic mass is 9.93. The molecule has 27 heavy (non-hydrogen) atoms. The molecule has 148 valence electrons. The number of hydrogen-bond donors (Lipinski definition) is 2. The van der Waals surface area contributed by atoms with Gasteiger partial charge in [0.05, 0.1) is 0 Å². The first-order chi connectivity index (χ1) is 12.9. The van der Waals surface area contributed by atoms with Gasteiger partial charge in [0.1, 0.15) is 0 Å². The highest BCUT2D eigenvalue weighted by molar-refractivity contribution is 6.27. The lowest BCUT2D eigenvalue weighted by Gasteiger charge is -2.41. The van der Waals surface area contributed by atoms with Crippen molar-refractivity contribution in [2.45, 2.75) is 45.2 Å².